The number of tetrazole rings is 1. The lowest BCUT2D eigenvalue weighted by molar-refractivity contribution is 0.00439. The van der Waals surface area contributed by atoms with Gasteiger partial charge >= 0.3 is 0 Å². The van der Waals surface area contributed by atoms with Crippen LogP contribution in [0.25, 0.3) is 22.5 Å². The van der Waals surface area contributed by atoms with Gasteiger partial charge in [-0.1, -0.05) is 12.1 Å². The second kappa shape index (κ2) is 7.04. The number of nitrogens with two attached hydrogens (primary N) is 1. The number of hydrogen-bond donors (Lipinski definition) is 3. The maximum absolute atomic E-state index is 12.0. The molecule has 0 radical (unpaired) electrons. The normalized spacial score (nSPS) is 16.1. The zero-order chi connectivity index (χ0) is 19.9. The summed E-state index contributed by atoms with van der Waals surface area (Å²) in [7, 11) is -1.70. The van der Waals surface area contributed by atoms with Gasteiger partial charge in [0.05, 0.1) is 10.5 Å². The van der Waals surface area contributed by atoms with Gasteiger partial charge in [0.2, 0.25) is 5.82 Å². The van der Waals surface area contributed by atoms with Crippen LogP contribution in [0, 0.1) is 5.92 Å². The fraction of sp³-hybridized carbons (Fsp3) is 0.333. The summed E-state index contributed by atoms with van der Waals surface area (Å²) in [6.45, 7) is 5.20. The highest BCUT2D eigenvalue weighted by Gasteiger charge is 2.37. The Labute approximate surface area is 164 Å². The monoisotopic (exact) mass is 399 g/mol. The van der Waals surface area contributed by atoms with Crippen molar-refractivity contribution in [2.75, 3.05) is 18.0 Å². The van der Waals surface area contributed by atoms with Crippen LogP contribution in [0.4, 0.5) is 5.82 Å². The van der Waals surface area contributed by atoms with E-state index in [0.717, 1.165) is 30.0 Å². The zero-order valence-corrected chi connectivity index (χ0v) is 16.3. The molecule has 3 aromatic rings. The van der Waals surface area contributed by atoms with Gasteiger partial charge < -0.3 is 10.0 Å². The molecule has 0 spiro atoms. The molecule has 1 fully saturated rings. The van der Waals surface area contributed by atoms with Crippen LogP contribution in [0.5, 0.6) is 0 Å². The number of nitrogens with one attached hydrogen (secondary N) is 1. The number of aliphatic hydroxyl groups is 1. The highest BCUT2D eigenvalue weighted by atomic mass is 32.2. The molecule has 1 saturated heterocycles. The fourth-order valence-corrected chi connectivity index (χ4v) is 3.90. The molecule has 1 aliphatic rings. The molecule has 9 nitrogen and oxygen atoms in total. The van der Waals surface area contributed by atoms with E-state index in [9.17, 15) is 9.32 Å². The topological polar surface area (TPSA) is 134 Å². The van der Waals surface area contributed by atoms with Crippen LogP contribution in [-0.2, 0) is 11.0 Å². The number of anilines is 1. The third kappa shape index (κ3) is 3.41. The number of rotatable bonds is 5. The molecular formula is C18H21N7O2S. The molecule has 4 rings (SSSR count). The Morgan fingerprint density at radius 1 is 1.29 bits per heavy atom. The van der Waals surface area contributed by atoms with Gasteiger partial charge in [-0.25, -0.2) is 14.3 Å². The van der Waals surface area contributed by atoms with Crippen molar-refractivity contribution in [1.29, 1.82) is 0 Å². The molecule has 0 amide bonds. The van der Waals surface area contributed by atoms with Crippen molar-refractivity contribution in [1.82, 2.24) is 25.6 Å². The number of nitrogens with zero attached hydrogens (tertiary/aromatic N) is 5. The predicted octanol–water partition coefficient (Wildman–Crippen LogP) is 1.12. The van der Waals surface area contributed by atoms with E-state index in [1.54, 1.807) is 18.3 Å². The van der Waals surface area contributed by atoms with Crippen LogP contribution in [-0.4, -0.2) is 53.6 Å². The summed E-state index contributed by atoms with van der Waals surface area (Å²) in [5.74, 6) is 1.41. The van der Waals surface area contributed by atoms with Crippen molar-refractivity contribution in [3.05, 3.63) is 36.5 Å². The second-order valence-corrected chi connectivity index (χ2v) is 8.41. The number of pyridine rings is 1. The molecule has 0 aliphatic carbocycles. The smallest absolute Gasteiger partial charge is 0.206 e. The molecule has 1 aliphatic heterocycles. The summed E-state index contributed by atoms with van der Waals surface area (Å²) < 4.78 is 12.0. The summed E-state index contributed by atoms with van der Waals surface area (Å²) in [4.78, 5) is 7.12. The van der Waals surface area contributed by atoms with Crippen molar-refractivity contribution in [3.63, 3.8) is 0 Å². The maximum Gasteiger partial charge on any atom is 0.206 e. The Morgan fingerprint density at radius 2 is 2.07 bits per heavy atom. The quantitative estimate of drug-likeness (QED) is 0.585. The van der Waals surface area contributed by atoms with Crippen LogP contribution in [0.3, 0.4) is 0 Å². The molecule has 1 aromatic carbocycles. The van der Waals surface area contributed by atoms with Gasteiger partial charge in [0, 0.05) is 36.3 Å². The first-order valence-electron chi connectivity index (χ1n) is 8.81. The molecule has 3 heterocycles. The van der Waals surface area contributed by atoms with E-state index < -0.39 is 16.6 Å². The molecule has 2 aromatic heterocycles. The lowest BCUT2D eigenvalue weighted by atomic mass is 9.84. The molecule has 0 bridgehead atoms. The van der Waals surface area contributed by atoms with Crippen molar-refractivity contribution >= 4 is 16.8 Å². The number of aromatic nitrogens is 5. The average Bonchev–Trinajstić information content (AvgIpc) is 3.13. The van der Waals surface area contributed by atoms with Crippen LogP contribution < -0.4 is 10.0 Å². The SMILES string of the molecule is CC(C)(O)C1CN(c2ccc(-c3cccc(S(N)=O)c3-c3nn[nH]n3)cn2)C1. The first-order valence-corrected chi connectivity index (χ1v) is 10.0. The van der Waals surface area contributed by atoms with E-state index in [-0.39, 0.29) is 5.92 Å². The Morgan fingerprint density at radius 3 is 2.64 bits per heavy atom. The standard InChI is InChI=1S/C18H21N7O2S/c1-18(2,26)12-9-25(10-12)15-7-6-11(8-20-15)13-4-3-5-14(28(19)27)16(13)17-21-23-24-22-17/h3-8,12,26H,9-10,19H2,1-2H3,(H,21,22,23,24). The highest BCUT2D eigenvalue weighted by Crippen LogP contribution is 2.35. The molecule has 28 heavy (non-hydrogen) atoms. The van der Waals surface area contributed by atoms with Crippen molar-refractivity contribution < 1.29 is 9.32 Å². The Hall–Kier alpha value is -2.69. The molecule has 0 saturated carbocycles. The summed E-state index contributed by atoms with van der Waals surface area (Å²) in [5.41, 5.74) is 1.48. The average molecular weight is 399 g/mol. The maximum atomic E-state index is 12.0. The van der Waals surface area contributed by atoms with Crippen LogP contribution in [0.1, 0.15) is 13.8 Å². The molecular weight excluding hydrogens is 378 g/mol. The third-order valence-corrected chi connectivity index (χ3v) is 5.85. The first-order chi connectivity index (χ1) is 13.3. The van der Waals surface area contributed by atoms with Gasteiger partial charge in [-0.05, 0) is 42.8 Å². The van der Waals surface area contributed by atoms with Crippen molar-refractivity contribution in [2.24, 2.45) is 11.1 Å². The summed E-state index contributed by atoms with van der Waals surface area (Å²) in [6.07, 6.45) is 1.76. The van der Waals surface area contributed by atoms with E-state index in [4.69, 9.17) is 5.14 Å². The fourth-order valence-electron chi connectivity index (χ4n) is 3.28. The summed E-state index contributed by atoms with van der Waals surface area (Å²) in [6, 6.07) is 9.23. The first kappa shape index (κ1) is 18.7. The van der Waals surface area contributed by atoms with Gasteiger partial charge in [-0.2, -0.15) is 5.21 Å². The Bertz CT molecular complexity index is 994. The molecule has 146 valence electrons. The number of hydrogen-bond acceptors (Lipinski definition) is 7. The van der Waals surface area contributed by atoms with Gasteiger partial charge in [0.1, 0.15) is 16.8 Å². The number of benzene rings is 1. The minimum Gasteiger partial charge on any atom is -0.390 e. The van der Waals surface area contributed by atoms with Gasteiger partial charge in [0.15, 0.2) is 0 Å². The van der Waals surface area contributed by atoms with Crippen molar-refractivity contribution in [3.8, 4) is 22.5 Å². The highest BCUT2D eigenvalue weighted by molar-refractivity contribution is 7.82. The zero-order valence-electron chi connectivity index (χ0n) is 15.5. The molecule has 4 N–H and O–H groups in total. The largest absolute Gasteiger partial charge is 0.390 e. The van der Waals surface area contributed by atoms with E-state index in [2.05, 4.69) is 30.5 Å². The second-order valence-electron chi connectivity index (χ2n) is 7.37. The minimum absolute atomic E-state index is 0.232. The third-order valence-electron chi connectivity index (χ3n) is 5.08. The molecule has 10 heteroatoms. The summed E-state index contributed by atoms with van der Waals surface area (Å²) in [5, 5.41) is 29.8. The van der Waals surface area contributed by atoms with E-state index in [0.29, 0.717) is 16.3 Å². The van der Waals surface area contributed by atoms with Gasteiger partial charge in [0.25, 0.3) is 0 Å². The Kier molecular flexibility index (Phi) is 4.69. The van der Waals surface area contributed by atoms with E-state index >= 15 is 0 Å². The molecule has 1 unspecified atom stereocenters. The molecule has 1 atom stereocenters. The van der Waals surface area contributed by atoms with Crippen LogP contribution in [0.2, 0.25) is 0 Å². The van der Waals surface area contributed by atoms with Gasteiger partial charge in [-0.15, -0.1) is 10.2 Å². The number of aromatic amines is 1. The van der Waals surface area contributed by atoms with Gasteiger partial charge in [-0.3, -0.25) is 0 Å². The Balaban J connectivity index is 1.66. The number of H-pyrrole nitrogens is 1. The lowest BCUT2D eigenvalue weighted by Gasteiger charge is -2.45. The van der Waals surface area contributed by atoms with Crippen LogP contribution >= 0.6 is 0 Å². The minimum atomic E-state index is -1.70. The van der Waals surface area contributed by atoms with E-state index in [1.807, 2.05) is 32.0 Å². The van der Waals surface area contributed by atoms with E-state index in [1.165, 1.54) is 0 Å². The predicted molar refractivity (Wildman–Crippen MR) is 105 cm³/mol. The summed E-state index contributed by atoms with van der Waals surface area (Å²) >= 11 is 0. The lowest BCUT2D eigenvalue weighted by Crippen LogP contribution is -2.56. The van der Waals surface area contributed by atoms with Crippen molar-refractivity contribution in [2.45, 2.75) is 24.3 Å². The van der Waals surface area contributed by atoms with Crippen LogP contribution in [0.15, 0.2) is 41.4 Å².